The molecule has 0 amide bonds. The summed E-state index contributed by atoms with van der Waals surface area (Å²) in [5.41, 5.74) is 11.1. The van der Waals surface area contributed by atoms with Gasteiger partial charge in [-0.1, -0.05) is 121 Å². The first kappa shape index (κ1) is 25.0. The third-order valence-corrected chi connectivity index (χ3v) is 7.89. The molecule has 3 nitrogen and oxygen atoms in total. The van der Waals surface area contributed by atoms with Gasteiger partial charge in [0.2, 0.25) is 0 Å². The number of nitrogens with zero attached hydrogens (tertiary/aromatic N) is 2. The van der Waals surface area contributed by atoms with E-state index in [9.17, 15) is 0 Å². The number of hydrogen-bond acceptors (Lipinski definition) is 3. The molecule has 0 spiro atoms. The second-order valence-corrected chi connectivity index (χ2v) is 10.7. The predicted octanol–water partition coefficient (Wildman–Crippen LogP) is 10.7. The lowest BCUT2D eigenvalue weighted by Gasteiger charge is -2.11. The minimum absolute atomic E-state index is 0.683. The summed E-state index contributed by atoms with van der Waals surface area (Å²) in [5, 5.41) is 2.22. The Morgan fingerprint density at radius 1 is 0.326 bits per heavy atom. The zero-order valence-electron chi connectivity index (χ0n) is 23.3. The van der Waals surface area contributed by atoms with Crippen LogP contribution in [0.3, 0.4) is 0 Å². The molecular weight excluding hydrogens is 524 g/mol. The molecule has 6 aromatic carbocycles. The maximum atomic E-state index is 6.21. The van der Waals surface area contributed by atoms with Crippen molar-refractivity contribution < 1.29 is 4.42 Å². The van der Waals surface area contributed by atoms with Crippen LogP contribution in [0.1, 0.15) is 0 Å². The standard InChI is InChI=1S/C40H26N2O/c1-3-11-27(12-4-1)29-15-9-16-30(23-29)31-17-10-18-33(24-31)40-41-36(28-13-5-2-6-14-28)26-37(42-40)32-21-22-35-34-19-7-8-20-38(34)43-39(35)25-32/h1-26H. The van der Waals surface area contributed by atoms with Crippen molar-refractivity contribution in [2.75, 3.05) is 0 Å². The normalized spacial score (nSPS) is 11.3. The fourth-order valence-corrected chi connectivity index (χ4v) is 5.71. The van der Waals surface area contributed by atoms with E-state index in [1.165, 1.54) is 11.1 Å². The zero-order valence-corrected chi connectivity index (χ0v) is 23.3. The maximum absolute atomic E-state index is 6.21. The summed E-state index contributed by atoms with van der Waals surface area (Å²) >= 11 is 0. The molecular formula is C40H26N2O. The molecule has 3 heteroatoms. The van der Waals surface area contributed by atoms with E-state index in [0.29, 0.717) is 5.82 Å². The molecule has 0 unspecified atom stereocenters. The lowest BCUT2D eigenvalue weighted by atomic mass is 9.98. The van der Waals surface area contributed by atoms with Crippen molar-refractivity contribution in [1.29, 1.82) is 0 Å². The summed E-state index contributed by atoms with van der Waals surface area (Å²) in [6, 6.07) is 54.4. The molecule has 0 atom stereocenters. The number of benzene rings is 6. The predicted molar refractivity (Wildman–Crippen MR) is 176 cm³/mol. The summed E-state index contributed by atoms with van der Waals surface area (Å²) in [4.78, 5) is 10.2. The highest BCUT2D eigenvalue weighted by Gasteiger charge is 2.14. The average molecular weight is 551 g/mol. The zero-order chi connectivity index (χ0) is 28.6. The highest BCUT2D eigenvalue weighted by Crippen LogP contribution is 2.34. The Morgan fingerprint density at radius 2 is 0.860 bits per heavy atom. The Balaban J connectivity index is 1.25. The summed E-state index contributed by atoms with van der Waals surface area (Å²) in [6.07, 6.45) is 0. The van der Waals surface area contributed by atoms with Crippen molar-refractivity contribution in [2.24, 2.45) is 0 Å². The van der Waals surface area contributed by atoms with E-state index in [0.717, 1.165) is 61.1 Å². The minimum Gasteiger partial charge on any atom is -0.456 e. The Labute approximate surface area is 249 Å². The van der Waals surface area contributed by atoms with Gasteiger partial charge >= 0.3 is 0 Å². The smallest absolute Gasteiger partial charge is 0.160 e. The van der Waals surface area contributed by atoms with Crippen LogP contribution in [-0.2, 0) is 0 Å². The Hall–Kier alpha value is -5.80. The summed E-state index contributed by atoms with van der Waals surface area (Å²) in [5.74, 6) is 0.683. The number of rotatable bonds is 5. The second kappa shape index (κ2) is 10.6. The monoisotopic (exact) mass is 550 g/mol. The molecule has 0 N–H and O–H groups in total. The van der Waals surface area contributed by atoms with E-state index in [1.807, 2.05) is 42.5 Å². The Morgan fingerprint density at radius 3 is 1.60 bits per heavy atom. The van der Waals surface area contributed by atoms with Gasteiger partial charge in [-0.2, -0.15) is 0 Å². The largest absolute Gasteiger partial charge is 0.456 e. The number of aromatic nitrogens is 2. The molecule has 0 fully saturated rings. The molecule has 0 saturated heterocycles. The summed E-state index contributed by atoms with van der Waals surface area (Å²) in [7, 11) is 0. The van der Waals surface area contributed by atoms with Gasteiger partial charge in [0.15, 0.2) is 5.82 Å². The highest BCUT2D eigenvalue weighted by molar-refractivity contribution is 6.05. The van der Waals surface area contributed by atoms with Gasteiger partial charge in [-0.25, -0.2) is 9.97 Å². The molecule has 0 aliphatic heterocycles. The van der Waals surface area contributed by atoms with Gasteiger partial charge in [0, 0.05) is 27.5 Å². The molecule has 0 radical (unpaired) electrons. The molecule has 43 heavy (non-hydrogen) atoms. The van der Waals surface area contributed by atoms with Gasteiger partial charge in [0.25, 0.3) is 0 Å². The quantitative estimate of drug-likeness (QED) is 0.214. The van der Waals surface area contributed by atoms with Crippen molar-refractivity contribution in [3.8, 4) is 56.2 Å². The molecule has 8 rings (SSSR count). The summed E-state index contributed by atoms with van der Waals surface area (Å²) < 4.78 is 6.21. The molecule has 202 valence electrons. The number of para-hydroxylation sites is 1. The first-order chi connectivity index (χ1) is 21.3. The first-order valence-corrected chi connectivity index (χ1v) is 14.4. The molecule has 8 aromatic rings. The average Bonchev–Trinajstić information content (AvgIpc) is 3.47. The van der Waals surface area contributed by atoms with Crippen LogP contribution in [0, 0.1) is 0 Å². The third kappa shape index (κ3) is 4.77. The van der Waals surface area contributed by atoms with Crippen molar-refractivity contribution in [2.45, 2.75) is 0 Å². The number of fused-ring (bicyclic) bond motifs is 3. The minimum atomic E-state index is 0.683. The Bertz CT molecular complexity index is 2230. The molecule has 2 aromatic heterocycles. The van der Waals surface area contributed by atoms with E-state index in [-0.39, 0.29) is 0 Å². The highest BCUT2D eigenvalue weighted by atomic mass is 16.3. The lowest BCUT2D eigenvalue weighted by molar-refractivity contribution is 0.669. The SMILES string of the molecule is c1ccc(-c2cccc(-c3cccc(-c4nc(-c5ccccc5)cc(-c5ccc6c(c5)oc5ccccc56)n4)c3)c2)cc1. The third-order valence-electron chi connectivity index (χ3n) is 7.89. The van der Waals surface area contributed by atoms with E-state index in [2.05, 4.69) is 115 Å². The first-order valence-electron chi connectivity index (χ1n) is 14.4. The van der Waals surface area contributed by atoms with Crippen LogP contribution < -0.4 is 0 Å². The fraction of sp³-hybridized carbons (Fsp3) is 0. The van der Waals surface area contributed by atoms with Gasteiger partial charge in [0.05, 0.1) is 11.4 Å². The number of hydrogen-bond donors (Lipinski definition) is 0. The van der Waals surface area contributed by atoms with E-state index < -0.39 is 0 Å². The van der Waals surface area contributed by atoms with Gasteiger partial charge in [0.1, 0.15) is 11.2 Å². The van der Waals surface area contributed by atoms with Gasteiger partial charge in [-0.3, -0.25) is 0 Å². The van der Waals surface area contributed by atoms with Crippen LogP contribution in [-0.4, -0.2) is 9.97 Å². The van der Waals surface area contributed by atoms with Crippen LogP contribution in [0.15, 0.2) is 162 Å². The summed E-state index contributed by atoms with van der Waals surface area (Å²) in [6.45, 7) is 0. The fourth-order valence-electron chi connectivity index (χ4n) is 5.71. The van der Waals surface area contributed by atoms with Gasteiger partial charge < -0.3 is 4.42 Å². The molecule has 0 saturated carbocycles. The number of furan rings is 1. The topological polar surface area (TPSA) is 38.9 Å². The van der Waals surface area contributed by atoms with Crippen molar-refractivity contribution in [1.82, 2.24) is 9.97 Å². The van der Waals surface area contributed by atoms with Gasteiger partial charge in [-0.05, 0) is 58.7 Å². The molecule has 0 bridgehead atoms. The maximum Gasteiger partial charge on any atom is 0.160 e. The van der Waals surface area contributed by atoms with Crippen LogP contribution in [0.2, 0.25) is 0 Å². The van der Waals surface area contributed by atoms with Crippen LogP contribution >= 0.6 is 0 Å². The van der Waals surface area contributed by atoms with Crippen LogP contribution in [0.25, 0.3) is 78.1 Å². The van der Waals surface area contributed by atoms with Crippen molar-refractivity contribution >= 4 is 21.9 Å². The van der Waals surface area contributed by atoms with E-state index in [1.54, 1.807) is 0 Å². The van der Waals surface area contributed by atoms with E-state index in [4.69, 9.17) is 14.4 Å². The van der Waals surface area contributed by atoms with Crippen molar-refractivity contribution in [3.63, 3.8) is 0 Å². The molecule has 0 aliphatic rings. The molecule has 0 aliphatic carbocycles. The second-order valence-electron chi connectivity index (χ2n) is 10.7. The van der Waals surface area contributed by atoms with E-state index >= 15 is 0 Å². The lowest BCUT2D eigenvalue weighted by Crippen LogP contribution is -1.96. The van der Waals surface area contributed by atoms with Crippen molar-refractivity contribution in [3.05, 3.63) is 158 Å². The van der Waals surface area contributed by atoms with Crippen LogP contribution in [0.5, 0.6) is 0 Å². The van der Waals surface area contributed by atoms with Gasteiger partial charge in [-0.15, -0.1) is 0 Å². The Kier molecular flexibility index (Phi) is 6.12. The van der Waals surface area contributed by atoms with Crippen LogP contribution in [0.4, 0.5) is 0 Å². The molecule has 2 heterocycles.